The maximum absolute atomic E-state index is 12.7. The van der Waals surface area contributed by atoms with Crippen LogP contribution in [0.5, 0.6) is 0 Å². The lowest BCUT2D eigenvalue weighted by atomic mass is 10.1. The van der Waals surface area contributed by atoms with Gasteiger partial charge >= 0.3 is 0 Å². The first-order valence-electron chi connectivity index (χ1n) is 7.60. The minimum Gasteiger partial charge on any atom is -0.350 e. The number of nitrogens with zero attached hydrogens (tertiary/aromatic N) is 1. The zero-order valence-electron chi connectivity index (χ0n) is 13.1. The fourth-order valence-electron chi connectivity index (χ4n) is 2.64. The zero-order chi connectivity index (χ0) is 16.4. The molecule has 4 nitrogen and oxygen atoms in total. The van der Waals surface area contributed by atoms with Crippen LogP contribution in [0.1, 0.15) is 23.8 Å². The number of nitrogens with one attached hydrogen (secondary N) is 1. The van der Waals surface area contributed by atoms with Gasteiger partial charge in [-0.3, -0.25) is 14.5 Å². The third-order valence-corrected chi connectivity index (χ3v) is 4.56. The van der Waals surface area contributed by atoms with Crippen molar-refractivity contribution in [2.24, 2.45) is 0 Å². The summed E-state index contributed by atoms with van der Waals surface area (Å²) in [6, 6.07) is 11.5. The number of hydrogen-bond donors (Lipinski definition) is 1. The first kappa shape index (κ1) is 15.5. The Bertz CT molecular complexity index is 778. The van der Waals surface area contributed by atoms with Crippen molar-refractivity contribution < 1.29 is 9.59 Å². The standard InChI is InChI=1S/C18H18N2O2S/c1-3-9-20-17(21)15(14-8-5-10-23-14)16(18(20)22)19-13-7-4-6-12(2)11-13/h4-8,10-11,19H,3,9H2,1-2H3. The molecule has 1 aromatic carbocycles. The number of aryl methyl sites for hydroxylation is 1. The fourth-order valence-corrected chi connectivity index (χ4v) is 3.40. The van der Waals surface area contributed by atoms with Gasteiger partial charge in [0.25, 0.3) is 11.8 Å². The monoisotopic (exact) mass is 326 g/mol. The van der Waals surface area contributed by atoms with Crippen LogP contribution in [0, 0.1) is 6.92 Å². The average molecular weight is 326 g/mol. The van der Waals surface area contributed by atoms with E-state index in [1.807, 2.05) is 55.6 Å². The van der Waals surface area contributed by atoms with Crippen molar-refractivity contribution in [3.05, 3.63) is 57.9 Å². The van der Waals surface area contributed by atoms with Crippen LogP contribution >= 0.6 is 11.3 Å². The average Bonchev–Trinajstić information content (AvgIpc) is 3.11. The van der Waals surface area contributed by atoms with Gasteiger partial charge in [-0.2, -0.15) is 0 Å². The minimum atomic E-state index is -0.248. The molecule has 5 heteroatoms. The SMILES string of the molecule is CCCN1C(=O)C(Nc2cccc(C)c2)=C(c2cccs2)C1=O. The van der Waals surface area contributed by atoms with E-state index in [9.17, 15) is 9.59 Å². The molecule has 23 heavy (non-hydrogen) atoms. The molecule has 1 aliphatic heterocycles. The number of amides is 2. The molecule has 0 unspecified atom stereocenters. The summed E-state index contributed by atoms with van der Waals surface area (Å²) < 4.78 is 0. The van der Waals surface area contributed by atoms with E-state index in [0.717, 1.165) is 22.5 Å². The lowest BCUT2D eigenvalue weighted by molar-refractivity contribution is -0.136. The molecule has 2 aromatic rings. The zero-order valence-corrected chi connectivity index (χ0v) is 13.9. The number of anilines is 1. The molecule has 0 bridgehead atoms. The van der Waals surface area contributed by atoms with Crippen molar-refractivity contribution in [3.8, 4) is 0 Å². The molecule has 0 radical (unpaired) electrons. The number of rotatable bonds is 5. The Morgan fingerprint density at radius 2 is 1.96 bits per heavy atom. The fraction of sp³-hybridized carbons (Fsp3) is 0.222. The summed E-state index contributed by atoms with van der Waals surface area (Å²) in [5.41, 5.74) is 2.75. The Morgan fingerprint density at radius 3 is 2.61 bits per heavy atom. The number of hydrogen-bond acceptors (Lipinski definition) is 4. The normalized spacial score (nSPS) is 14.8. The first-order valence-corrected chi connectivity index (χ1v) is 8.47. The van der Waals surface area contributed by atoms with Gasteiger partial charge in [-0.15, -0.1) is 11.3 Å². The maximum atomic E-state index is 12.7. The third-order valence-electron chi connectivity index (χ3n) is 3.67. The van der Waals surface area contributed by atoms with Gasteiger partial charge in [0.15, 0.2) is 0 Å². The van der Waals surface area contributed by atoms with Crippen LogP contribution < -0.4 is 5.32 Å². The largest absolute Gasteiger partial charge is 0.350 e. The van der Waals surface area contributed by atoms with Gasteiger partial charge in [0.05, 0.1) is 5.57 Å². The molecule has 118 valence electrons. The number of benzene rings is 1. The van der Waals surface area contributed by atoms with Gasteiger partial charge in [0.2, 0.25) is 0 Å². The van der Waals surface area contributed by atoms with E-state index in [4.69, 9.17) is 0 Å². The highest BCUT2D eigenvalue weighted by molar-refractivity contribution is 7.11. The summed E-state index contributed by atoms with van der Waals surface area (Å²) in [6.07, 6.45) is 0.743. The Morgan fingerprint density at radius 1 is 1.13 bits per heavy atom. The Balaban J connectivity index is 2.04. The van der Waals surface area contributed by atoms with Crippen molar-refractivity contribution >= 4 is 34.4 Å². The van der Waals surface area contributed by atoms with Gasteiger partial charge < -0.3 is 5.32 Å². The molecular weight excluding hydrogens is 308 g/mol. The van der Waals surface area contributed by atoms with Crippen LogP contribution in [0.4, 0.5) is 5.69 Å². The first-order chi connectivity index (χ1) is 11.1. The Hall–Kier alpha value is -2.40. The molecule has 1 aromatic heterocycles. The van der Waals surface area contributed by atoms with Gasteiger partial charge in [-0.25, -0.2) is 0 Å². The maximum Gasteiger partial charge on any atom is 0.278 e. The summed E-state index contributed by atoms with van der Waals surface area (Å²) in [5.74, 6) is -0.462. The number of carbonyl (C=O) groups is 2. The molecule has 0 fully saturated rings. The second-order valence-electron chi connectivity index (χ2n) is 5.48. The lowest BCUT2D eigenvalue weighted by Crippen LogP contribution is -2.33. The van der Waals surface area contributed by atoms with Crippen molar-refractivity contribution in [1.29, 1.82) is 0 Å². The summed E-state index contributed by atoms with van der Waals surface area (Å²) >= 11 is 1.47. The summed E-state index contributed by atoms with van der Waals surface area (Å²) in [7, 11) is 0. The van der Waals surface area contributed by atoms with Gasteiger partial charge in [0.1, 0.15) is 5.70 Å². The molecule has 0 aliphatic carbocycles. The van der Waals surface area contributed by atoms with Gasteiger partial charge in [-0.05, 0) is 42.5 Å². The number of imide groups is 1. The van der Waals surface area contributed by atoms with E-state index in [-0.39, 0.29) is 11.8 Å². The number of carbonyl (C=O) groups excluding carboxylic acids is 2. The highest BCUT2D eigenvalue weighted by atomic mass is 32.1. The van der Waals surface area contributed by atoms with Crippen LogP contribution in [0.25, 0.3) is 5.57 Å². The van der Waals surface area contributed by atoms with Crippen LogP contribution in [-0.4, -0.2) is 23.3 Å². The molecule has 0 spiro atoms. The predicted octanol–water partition coefficient (Wildman–Crippen LogP) is 3.66. The Labute approximate surface area is 139 Å². The van der Waals surface area contributed by atoms with E-state index < -0.39 is 0 Å². The summed E-state index contributed by atoms with van der Waals surface area (Å²) in [6.45, 7) is 4.38. The molecule has 1 N–H and O–H groups in total. The third kappa shape index (κ3) is 2.92. The molecule has 3 rings (SSSR count). The van der Waals surface area contributed by atoms with E-state index in [0.29, 0.717) is 17.8 Å². The van der Waals surface area contributed by atoms with Crippen molar-refractivity contribution in [3.63, 3.8) is 0 Å². The second-order valence-corrected chi connectivity index (χ2v) is 6.43. The topological polar surface area (TPSA) is 49.4 Å². The van der Waals surface area contributed by atoms with Gasteiger partial charge in [0, 0.05) is 17.1 Å². The predicted molar refractivity (Wildman–Crippen MR) is 93.1 cm³/mol. The molecule has 2 amide bonds. The lowest BCUT2D eigenvalue weighted by Gasteiger charge is -2.13. The minimum absolute atomic E-state index is 0.213. The molecule has 0 saturated carbocycles. The number of thiophene rings is 1. The van der Waals surface area contributed by atoms with Crippen LogP contribution in [0.3, 0.4) is 0 Å². The van der Waals surface area contributed by atoms with E-state index >= 15 is 0 Å². The highest BCUT2D eigenvalue weighted by Gasteiger charge is 2.39. The molecule has 1 aliphatic rings. The van der Waals surface area contributed by atoms with E-state index in [1.54, 1.807) is 0 Å². The highest BCUT2D eigenvalue weighted by Crippen LogP contribution is 2.32. The van der Waals surface area contributed by atoms with E-state index in [1.165, 1.54) is 16.2 Å². The quantitative estimate of drug-likeness (QED) is 0.853. The molecule has 0 atom stereocenters. The van der Waals surface area contributed by atoms with Crippen LogP contribution in [0.2, 0.25) is 0 Å². The van der Waals surface area contributed by atoms with Crippen molar-refractivity contribution in [2.45, 2.75) is 20.3 Å². The Kier molecular flexibility index (Phi) is 4.30. The second kappa shape index (κ2) is 6.38. The molecular formula is C18H18N2O2S. The summed E-state index contributed by atoms with van der Waals surface area (Å²) in [4.78, 5) is 27.5. The summed E-state index contributed by atoms with van der Waals surface area (Å²) in [5, 5.41) is 5.07. The van der Waals surface area contributed by atoms with Gasteiger partial charge in [-0.1, -0.05) is 25.1 Å². The molecule has 0 saturated heterocycles. The van der Waals surface area contributed by atoms with Crippen molar-refractivity contribution in [2.75, 3.05) is 11.9 Å². The smallest absolute Gasteiger partial charge is 0.278 e. The van der Waals surface area contributed by atoms with E-state index in [2.05, 4.69) is 5.32 Å². The van der Waals surface area contributed by atoms with Crippen molar-refractivity contribution in [1.82, 2.24) is 4.90 Å². The van der Waals surface area contributed by atoms with Crippen LogP contribution in [0.15, 0.2) is 47.5 Å². The van der Waals surface area contributed by atoms with Crippen LogP contribution in [-0.2, 0) is 9.59 Å². The molecule has 2 heterocycles.